The summed E-state index contributed by atoms with van der Waals surface area (Å²) in [4.78, 5) is 32.1. The monoisotopic (exact) mass is 463 g/mol. The van der Waals surface area contributed by atoms with Gasteiger partial charge < -0.3 is 16.8 Å². The van der Waals surface area contributed by atoms with Gasteiger partial charge >= 0.3 is 0 Å². The number of nitrogens with two attached hydrogens (primary N) is 2. The van der Waals surface area contributed by atoms with Crippen LogP contribution >= 0.6 is 0 Å². The second kappa shape index (κ2) is 11.8. The summed E-state index contributed by atoms with van der Waals surface area (Å²) in [7, 11) is 0. The van der Waals surface area contributed by atoms with E-state index in [-0.39, 0.29) is 17.8 Å². The summed E-state index contributed by atoms with van der Waals surface area (Å²) in [5, 5.41) is 2.90. The topological polar surface area (TPSA) is 114 Å². The molecule has 2 aromatic rings. The Morgan fingerprint density at radius 2 is 1.71 bits per heavy atom. The van der Waals surface area contributed by atoms with Crippen molar-refractivity contribution >= 4 is 17.8 Å². The van der Waals surface area contributed by atoms with Crippen molar-refractivity contribution < 1.29 is 9.59 Å². The molecule has 0 aromatic heterocycles. The van der Waals surface area contributed by atoms with E-state index in [0.717, 1.165) is 17.5 Å². The number of benzene rings is 2. The van der Waals surface area contributed by atoms with Crippen LogP contribution in [0.1, 0.15) is 50.7 Å². The van der Waals surface area contributed by atoms with Crippen molar-refractivity contribution in [2.24, 2.45) is 22.4 Å². The van der Waals surface area contributed by atoms with E-state index >= 15 is 0 Å². The quantitative estimate of drug-likeness (QED) is 0.420. The number of amides is 2. The minimum absolute atomic E-state index is 0.0641. The molecule has 0 unspecified atom stereocenters. The van der Waals surface area contributed by atoms with E-state index in [9.17, 15) is 9.59 Å². The maximum Gasteiger partial charge on any atom is 0.261 e. The predicted octanol–water partition coefficient (Wildman–Crippen LogP) is 2.94. The number of carbonyl (C=O) groups excluding carboxylic acids is 2. The van der Waals surface area contributed by atoms with Crippen molar-refractivity contribution in [2.45, 2.75) is 57.5 Å². The van der Waals surface area contributed by atoms with E-state index in [1.165, 1.54) is 0 Å². The van der Waals surface area contributed by atoms with Gasteiger partial charge in [-0.2, -0.15) is 0 Å². The van der Waals surface area contributed by atoms with Crippen molar-refractivity contribution in [1.82, 2.24) is 10.2 Å². The summed E-state index contributed by atoms with van der Waals surface area (Å²) < 4.78 is 0. The molecular weight excluding hydrogens is 426 g/mol. The van der Waals surface area contributed by atoms with Gasteiger partial charge in [-0.05, 0) is 49.1 Å². The average Bonchev–Trinajstić information content (AvgIpc) is 3.08. The van der Waals surface area contributed by atoms with E-state index < -0.39 is 11.6 Å². The molecule has 0 saturated carbocycles. The maximum absolute atomic E-state index is 13.5. The van der Waals surface area contributed by atoms with Crippen LogP contribution in [0.3, 0.4) is 0 Å². The third-order valence-corrected chi connectivity index (χ3v) is 6.26. The van der Waals surface area contributed by atoms with Gasteiger partial charge in [0.2, 0.25) is 5.91 Å². The van der Waals surface area contributed by atoms with Crippen LogP contribution in [0, 0.1) is 5.92 Å². The minimum Gasteiger partial charge on any atom is -0.369 e. The van der Waals surface area contributed by atoms with Crippen LogP contribution in [-0.4, -0.2) is 41.8 Å². The number of guanidine groups is 1. The molecule has 2 aromatic carbocycles. The number of aliphatic imine (C=N–C) groups is 1. The standard InChI is InChI=1S/C27H37N5O2/c1-20(2)15-16-27(22-13-7-4-8-14-22)25(34)32(26(29)31-27)18-10-9-17-30-24(33)23(28)19-21-11-5-3-6-12-21/h3-8,11-14,20,23H,9-10,15-19,28H2,1-2H3,(H2,29,31)(H,30,33)/t23-,27-/m0/s1. The molecule has 2 amide bonds. The molecule has 7 heteroatoms. The van der Waals surface area contributed by atoms with Gasteiger partial charge in [0.1, 0.15) is 0 Å². The SMILES string of the molecule is CC(C)CC[C@@]1(c2ccccc2)N=C(N)N(CCCCNC(=O)[C@@H](N)Cc2ccccc2)C1=O. The van der Waals surface area contributed by atoms with Gasteiger partial charge in [-0.1, -0.05) is 74.5 Å². The average molecular weight is 464 g/mol. The largest absolute Gasteiger partial charge is 0.369 e. The third kappa shape index (κ3) is 6.23. The second-order valence-corrected chi connectivity index (χ2v) is 9.38. The molecule has 0 bridgehead atoms. The lowest BCUT2D eigenvalue weighted by Gasteiger charge is -2.27. The first kappa shape index (κ1) is 25.4. The van der Waals surface area contributed by atoms with Crippen LogP contribution in [0.5, 0.6) is 0 Å². The molecule has 1 aliphatic rings. The Kier molecular flexibility index (Phi) is 8.82. The normalized spacial score (nSPS) is 18.8. The Labute approximate surface area is 202 Å². The van der Waals surface area contributed by atoms with E-state index in [1.807, 2.05) is 60.7 Å². The lowest BCUT2D eigenvalue weighted by atomic mass is 9.83. The Hall–Kier alpha value is -3.19. The number of unbranched alkanes of at least 4 members (excludes halogenated alkanes) is 1. The predicted molar refractivity (Wildman–Crippen MR) is 136 cm³/mol. The summed E-state index contributed by atoms with van der Waals surface area (Å²) in [6.07, 6.45) is 3.41. The molecule has 2 atom stereocenters. The summed E-state index contributed by atoms with van der Waals surface area (Å²) in [5.74, 6) is 0.493. The van der Waals surface area contributed by atoms with Crippen molar-refractivity contribution in [3.63, 3.8) is 0 Å². The molecule has 182 valence electrons. The fourth-order valence-electron chi connectivity index (χ4n) is 4.25. The highest BCUT2D eigenvalue weighted by atomic mass is 16.2. The molecule has 0 fully saturated rings. The molecule has 0 radical (unpaired) electrons. The number of hydrogen-bond acceptors (Lipinski definition) is 5. The number of hydrogen-bond donors (Lipinski definition) is 3. The van der Waals surface area contributed by atoms with Crippen molar-refractivity contribution in [3.05, 3.63) is 71.8 Å². The summed E-state index contributed by atoms with van der Waals surface area (Å²) >= 11 is 0. The van der Waals surface area contributed by atoms with Crippen molar-refractivity contribution in [1.29, 1.82) is 0 Å². The molecule has 0 saturated heterocycles. The zero-order valence-electron chi connectivity index (χ0n) is 20.2. The highest BCUT2D eigenvalue weighted by molar-refractivity contribution is 6.07. The summed E-state index contributed by atoms with van der Waals surface area (Å²) in [6.45, 7) is 5.25. The molecule has 0 spiro atoms. The van der Waals surface area contributed by atoms with Crippen LogP contribution in [0.25, 0.3) is 0 Å². The first-order valence-corrected chi connectivity index (χ1v) is 12.1. The second-order valence-electron chi connectivity index (χ2n) is 9.38. The Bertz CT molecular complexity index is 977. The van der Waals surface area contributed by atoms with Gasteiger partial charge in [-0.25, -0.2) is 4.99 Å². The van der Waals surface area contributed by atoms with E-state index in [1.54, 1.807) is 4.90 Å². The Balaban J connectivity index is 1.51. The van der Waals surface area contributed by atoms with E-state index in [0.29, 0.717) is 44.7 Å². The smallest absolute Gasteiger partial charge is 0.261 e. The molecule has 0 aliphatic carbocycles. The van der Waals surface area contributed by atoms with Crippen LogP contribution in [0.15, 0.2) is 65.7 Å². The molecular formula is C27H37N5O2. The lowest BCUT2D eigenvalue weighted by molar-refractivity contribution is -0.132. The van der Waals surface area contributed by atoms with Gasteiger partial charge in [-0.15, -0.1) is 0 Å². The van der Waals surface area contributed by atoms with Crippen LogP contribution in [-0.2, 0) is 21.5 Å². The first-order chi connectivity index (χ1) is 16.3. The third-order valence-electron chi connectivity index (χ3n) is 6.26. The number of nitrogens with one attached hydrogen (secondary N) is 1. The number of nitrogens with zero attached hydrogens (tertiary/aromatic N) is 2. The number of carbonyl (C=O) groups is 2. The van der Waals surface area contributed by atoms with Gasteiger partial charge in [0.25, 0.3) is 5.91 Å². The summed E-state index contributed by atoms with van der Waals surface area (Å²) in [5.41, 5.74) is 13.2. The van der Waals surface area contributed by atoms with E-state index in [4.69, 9.17) is 16.5 Å². The van der Waals surface area contributed by atoms with Gasteiger partial charge in [0, 0.05) is 13.1 Å². The van der Waals surface area contributed by atoms with Crippen molar-refractivity contribution in [3.8, 4) is 0 Å². The van der Waals surface area contributed by atoms with Crippen LogP contribution < -0.4 is 16.8 Å². The minimum atomic E-state index is -0.950. The first-order valence-electron chi connectivity index (χ1n) is 12.1. The Morgan fingerprint density at radius 3 is 2.35 bits per heavy atom. The zero-order valence-corrected chi connectivity index (χ0v) is 20.2. The molecule has 1 heterocycles. The molecule has 3 rings (SSSR count). The lowest BCUT2D eigenvalue weighted by Crippen LogP contribution is -2.44. The van der Waals surface area contributed by atoms with Crippen molar-refractivity contribution in [2.75, 3.05) is 13.1 Å². The van der Waals surface area contributed by atoms with Crippen LogP contribution in [0.2, 0.25) is 0 Å². The number of rotatable bonds is 12. The molecule has 34 heavy (non-hydrogen) atoms. The van der Waals surface area contributed by atoms with Gasteiger partial charge in [-0.3, -0.25) is 14.5 Å². The van der Waals surface area contributed by atoms with Gasteiger partial charge in [0.05, 0.1) is 6.04 Å². The highest BCUT2D eigenvalue weighted by Crippen LogP contribution is 2.38. The highest BCUT2D eigenvalue weighted by Gasteiger charge is 2.48. The zero-order chi connectivity index (χ0) is 24.6. The molecule has 5 N–H and O–H groups in total. The van der Waals surface area contributed by atoms with Crippen LogP contribution in [0.4, 0.5) is 0 Å². The Morgan fingerprint density at radius 1 is 1.06 bits per heavy atom. The maximum atomic E-state index is 13.5. The van der Waals surface area contributed by atoms with Gasteiger partial charge in [0.15, 0.2) is 11.5 Å². The summed E-state index contributed by atoms with van der Waals surface area (Å²) in [6, 6.07) is 18.8. The van der Waals surface area contributed by atoms with E-state index in [2.05, 4.69) is 19.2 Å². The molecule has 7 nitrogen and oxygen atoms in total. The fraction of sp³-hybridized carbons (Fsp3) is 0.444. The fourth-order valence-corrected chi connectivity index (χ4v) is 4.25. The molecule has 1 aliphatic heterocycles.